The lowest BCUT2D eigenvalue weighted by atomic mass is 10.1. The summed E-state index contributed by atoms with van der Waals surface area (Å²) in [5.74, 6) is -0.310. The van der Waals surface area contributed by atoms with Gasteiger partial charge in [-0.3, -0.25) is 0 Å². The molecular formula is C10H6BrClO2. The molecule has 1 aliphatic heterocycles. The van der Waals surface area contributed by atoms with Gasteiger partial charge in [-0.05, 0) is 33.6 Å². The molecule has 14 heavy (non-hydrogen) atoms. The van der Waals surface area contributed by atoms with E-state index in [1.54, 1.807) is 12.1 Å². The zero-order valence-electron chi connectivity index (χ0n) is 7.09. The zero-order chi connectivity index (χ0) is 10.1. The van der Waals surface area contributed by atoms with Crippen molar-refractivity contribution in [3.63, 3.8) is 0 Å². The molecule has 1 aliphatic rings. The van der Waals surface area contributed by atoms with E-state index in [9.17, 15) is 4.79 Å². The fourth-order valence-electron chi connectivity index (χ4n) is 1.25. The second kappa shape index (κ2) is 3.75. The van der Waals surface area contributed by atoms with E-state index in [1.165, 1.54) is 0 Å². The van der Waals surface area contributed by atoms with Gasteiger partial charge in [0.2, 0.25) is 0 Å². The van der Waals surface area contributed by atoms with E-state index in [0.717, 1.165) is 11.1 Å². The Kier molecular flexibility index (Phi) is 2.61. The van der Waals surface area contributed by atoms with E-state index < -0.39 is 0 Å². The van der Waals surface area contributed by atoms with Crippen molar-refractivity contribution in [3.8, 4) is 0 Å². The fraction of sp³-hybridized carbons (Fsp3) is 0.100. The molecule has 72 valence electrons. The van der Waals surface area contributed by atoms with E-state index in [1.807, 2.05) is 12.1 Å². The molecule has 1 heterocycles. The van der Waals surface area contributed by atoms with Crippen molar-refractivity contribution in [2.24, 2.45) is 0 Å². The van der Waals surface area contributed by atoms with Gasteiger partial charge in [0.05, 0.1) is 0 Å². The van der Waals surface area contributed by atoms with Gasteiger partial charge in [-0.1, -0.05) is 23.7 Å². The number of cyclic esters (lactones) is 1. The van der Waals surface area contributed by atoms with E-state index in [2.05, 4.69) is 15.9 Å². The van der Waals surface area contributed by atoms with Gasteiger partial charge >= 0.3 is 5.97 Å². The minimum atomic E-state index is -0.310. The van der Waals surface area contributed by atoms with Crippen molar-refractivity contribution in [3.05, 3.63) is 39.3 Å². The highest BCUT2D eigenvalue weighted by atomic mass is 79.9. The summed E-state index contributed by atoms with van der Waals surface area (Å²) in [4.78, 5) is 11.1. The van der Waals surface area contributed by atoms with Gasteiger partial charge in [0.15, 0.2) is 0 Å². The molecule has 0 spiro atoms. The fourth-order valence-corrected chi connectivity index (χ4v) is 1.83. The summed E-state index contributed by atoms with van der Waals surface area (Å²) >= 11 is 8.95. The molecule has 0 radical (unpaired) electrons. The van der Waals surface area contributed by atoms with Gasteiger partial charge < -0.3 is 4.74 Å². The highest BCUT2D eigenvalue weighted by molar-refractivity contribution is 9.12. The number of hydrogen-bond acceptors (Lipinski definition) is 2. The number of ether oxygens (including phenoxy) is 1. The van der Waals surface area contributed by atoms with Gasteiger partial charge in [0.25, 0.3) is 0 Å². The molecule has 0 saturated carbocycles. The summed E-state index contributed by atoms with van der Waals surface area (Å²) in [6.45, 7) is 0.320. The molecule has 0 amide bonds. The monoisotopic (exact) mass is 272 g/mol. The number of rotatable bonds is 1. The third-order valence-electron chi connectivity index (χ3n) is 1.98. The van der Waals surface area contributed by atoms with Crippen molar-refractivity contribution in [2.45, 2.75) is 0 Å². The second-order valence-corrected chi connectivity index (χ2v) is 4.10. The van der Waals surface area contributed by atoms with Gasteiger partial charge in [0, 0.05) is 10.6 Å². The molecule has 4 heteroatoms. The summed E-state index contributed by atoms with van der Waals surface area (Å²) in [6.07, 6.45) is 0. The lowest BCUT2D eigenvalue weighted by Crippen LogP contribution is -1.93. The van der Waals surface area contributed by atoms with Crippen LogP contribution < -0.4 is 0 Å². The molecule has 0 saturated heterocycles. The van der Waals surface area contributed by atoms with Gasteiger partial charge in [-0.15, -0.1) is 0 Å². The summed E-state index contributed by atoms with van der Waals surface area (Å²) in [6, 6.07) is 7.29. The molecular weight excluding hydrogens is 267 g/mol. The largest absolute Gasteiger partial charge is 0.457 e. The average Bonchev–Trinajstić information content (AvgIpc) is 2.50. The molecule has 0 bridgehead atoms. The molecule has 0 N–H and O–H groups in total. The summed E-state index contributed by atoms with van der Waals surface area (Å²) in [5.41, 5.74) is 1.82. The normalized spacial score (nSPS) is 16.0. The highest BCUT2D eigenvalue weighted by Crippen LogP contribution is 2.29. The lowest BCUT2D eigenvalue weighted by molar-refractivity contribution is -0.135. The molecule has 0 fully saturated rings. The number of halogens is 2. The van der Waals surface area contributed by atoms with Crippen LogP contribution in [0.5, 0.6) is 0 Å². The van der Waals surface area contributed by atoms with Crippen LogP contribution in [0, 0.1) is 0 Å². The Bertz CT molecular complexity index is 409. The third-order valence-corrected chi connectivity index (χ3v) is 3.04. The van der Waals surface area contributed by atoms with Crippen LogP contribution in [0.2, 0.25) is 5.02 Å². The Morgan fingerprint density at radius 2 is 1.93 bits per heavy atom. The standard InChI is InChI=1S/C10H6BrClO2/c11-9-8(5-14-10(9)13)6-1-3-7(12)4-2-6/h1-4H,5H2. The van der Waals surface area contributed by atoms with Gasteiger partial charge in [-0.25, -0.2) is 4.79 Å². The van der Waals surface area contributed by atoms with Crippen LogP contribution in [0.25, 0.3) is 5.57 Å². The van der Waals surface area contributed by atoms with Crippen LogP contribution in [-0.2, 0) is 9.53 Å². The first-order valence-corrected chi connectivity index (χ1v) is 5.17. The van der Waals surface area contributed by atoms with Crippen molar-refractivity contribution in [1.82, 2.24) is 0 Å². The summed E-state index contributed by atoms with van der Waals surface area (Å²) in [7, 11) is 0. The van der Waals surface area contributed by atoms with E-state index >= 15 is 0 Å². The lowest BCUT2D eigenvalue weighted by Gasteiger charge is -2.00. The minimum absolute atomic E-state index is 0.310. The van der Waals surface area contributed by atoms with Crippen LogP contribution >= 0.6 is 27.5 Å². The van der Waals surface area contributed by atoms with Crippen LogP contribution in [0.1, 0.15) is 5.56 Å². The van der Waals surface area contributed by atoms with Crippen molar-refractivity contribution in [1.29, 1.82) is 0 Å². The number of hydrogen-bond donors (Lipinski definition) is 0. The van der Waals surface area contributed by atoms with Crippen LogP contribution in [-0.4, -0.2) is 12.6 Å². The molecule has 0 unspecified atom stereocenters. The maximum Gasteiger partial charge on any atom is 0.346 e. The smallest absolute Gasteiger partial charge is 0.346 e. The predicted molar refractivity (Wildman–Crippen MR) is 58.3 cm³/mol. The Balaban J connectivity index is 2.41. The van der Waals surface area contributed by atoms with Crippen LogP contribution in [0.4, 0.5) is 0 Å². The van der Waals surface area contributed by atoms with E-state index in [0.29, 0.717) is 16.1 Å². The Labute approximate surface area is 94.6 Å². The maximum absolute atomic E-state index is 11.1. The number of esters is 1. The van der Waals surface area contributed by atoms with Gasteiger partial charge in [0.1, 0.15) is 11.1 Å². The molecule has 0 aromatic heterocycles. The molecule has 1 aromatic rings. The van der Waals surface area contributed by atoms with Crippen molar-refractivity contribution >= 4 is 39.1 Å². The predicted octanol–water partition coefficient (Wildman–Crippen LogP) is 3.00. The molecule has 0 atom stereocenters. The van der Waals surface area contributed by atoms with Crippen molar-refractivity contribution < 1.29 is 9.53 Å². The minimum Gasteiger partial charge on any atom is -0.457 e. The Hall–Kier alpha value is -0.800. The number of carbonyl (C=O) groups is 1. The first-order chi connectivity index (χ1) is 6.68. The molecule has 2 nitrogen and oxygen atoms in total. The van der Waals surface area contributed by atoms with Crippen LogP contribution in [0.15, 0.2) is 28.7 Å². The van der Waals surface area contributed by atoms with E-state index in [4.69, 9.17) is 16.3 Å². The maximum atomic E-state index is 11.1. The zero-order valence-corrected chi connectivity index (χ0v) is 9.43. The number of carbonyl (C=O) groups excluding carboxylic acids is 1. The molecule has 2 rings (SSSR count). The quantitative estimate of drug-likeness (QED) is 0.735. The highest BCUT2D eigenvalue weighted by Gasteiger charge is 2.23. The summed E-state index contributed by atoms with van der Waals surface area (Å²) in [5, 5.41) is 0.677. The van der Waals surface area contributed by atoms with Crippen LogP contribution in [0.3, 0.4) is 0 Å². The van der Waals surface area contributed by atoms with Crippen molar-refractivity contribution in [2.75, 3.05) is 6.61 Å². The number of benzene rings is 1. The Morgan fingerprint density at radius 1 is 1.29 bits per heavy atom. The molecule has 1 aromatic carbocycles. The topological polar surface area (TPSA) is 26.3 Å². The first-order valence-electron chi connectivity index (χ1n) is 4.00. The van der Waals surface area contributed by atoms with E-state index in [-0.39, 0.29) is 5.97 Å². The van der Waals surface area contributed by atoms with Gasteiger partial charge in [-0.2, -0.15) is 0 Å². The SMILES string of the molecule is O=C1OCC(c2ccc(Cl)cc2)=C1Br. The second-order valence-electron chi connectivity index (χ2n) is 2.88. The average molecular weight is 274 g/mol. The first kappa shape index (κ1) is 9.74. The third kappa shape index (κ3) is 1.70. The summed E-state index contributed by atoms with van der Waals surface area (Å²) < 4.78 is 5.37. The Morgan fingerprint density at radius 3 is 2.43 bits per heavy atom. The molecule has 0 aliphatic carbocycles.